The predicted molar refractivity (Wildman–Crippen MR) is 132 cm³/mol. The minimum atomic E-state index is -4.06. The minimum absolute atomic E-state index is 0.00929. The first-order valence-corrected chi connectivity index (χ1v) is 12.6. The maximum absolute atomic E-state index is 12.2. The Morgan fingerprint density at radius 2 is 1.88 bits per heavy atom. The summed E-state index contributed by atoms with van der Waals surface area (Å²) in [7, 11) is -4.06. The van der Waals surface area contributed by atoms with E-state index in [9.17, 15) is 23.6 Å². The van der Waals surface area contributed by atoms with Crippen LogP contribution in [0.15, 0.2) is 74.0 Å². The molecule has 0 spiro atoms. The van der Waals surface area contributed by atoms with Crippen LogP contribution in [0.4, 0.5) is 11.4 Å². The molecule has 4 N–H and O–H groups in total. The summed E-state index contributed by atoms with van der Waals surface area (Å²) >= 11 is 10.5. The van der Waals surface area contributed by atoms with E-state index in [1.54, 1.807) is 19.1 Å². The third-order valence-electron chi connectivity index (χ3n) is 4.30. The quantitative estimate of drug-likeness (QED) is 0.120. The number of hydrogen-bond acceptors (Lipinski definition) is 8. The summed E-state index contributed by atoms with van der Waals surface area (Å²) in [4.78, 5) is 10.5. The number of nitro groups is 1. The first-order valence-electron chi connectivity index (χ1n) is 9.03. The molecule has 13 heteroatoms. The molecule has 3 rings (SSSR count). The van der Waals surface area contributed by atoms with Gasteiger partial charge in [-0.3, -0.25) is 15.5 Å². The number of rotatable bonds is 6. The highest BCUT2D eigenvalue weighted by Crippen LogP contribution is 2.35. The van der Waals surface area contributed by atoms with Crippen molar-refractivity contribution in [2.75, 3.05) is 5.43 Å². The fourth-order valence-electron chi connectivity index (χ4n) is 2.60. The van der Waals surface area contributed by atoms with E-state index in [0.29, 0.717) is 31.4 Å². The summed E-state index contributed by atoms with van der Waals surface area (Å²) in [5.74, 6) is 0.00929. The molecule has 0 bridgehead atoms. The van der Waals surface area contributed by atoms with Gasteiger partial charge in [-0.15, -0.1) is 0 Å². The standard InChI is InChI=1S/C20H16BrClN4O5S2/c1-11-8-19(33(23,30)31)18(10-16(11)22)32-20(12-2-7-17(27)15(21)9-12)25-24-13-3-5-14(6-4-13)26(28)29/h2-10,24,27H,1H3,(H2,23,30,31)/b25-20-. The number of nitrogens with two attached hydrogens (primary N) is 1. The van der Waals surface area contributed by atoms with Gasteiger partial charge in [-0.2, -0.15) is 5.10 Å². The molecule has 172 valence electrons. The highest BCUT2D eigenvalue weighted by molar-refractivity contribution is 9.10. The van der Waals surface area contributed by atoms with Gasteiger partial charge in [0.25, 0.3) is 5.69 Å². The summed E-state index contributed by atoms with van der Waals surface area (Å²) in [5, 5.41) is 31.1. The highest BCUT2D eigenvalue weighted by atomic mass is 79.9. The van der Waals surface area contributed by atoms with E-state index in [4.69, 9.17) is 16.7 Å². The third-order valence-corrected chi connectivity index (χ3v) is 7.50. The van der Waals surface area contributed by atoms with Crippen LogP contribution in [0.3, 0.4) is 0 Å². The fraction of sp³-hybridized carbons (Fsp3) is 0.0500. The molecule has 0 aliphatic rings. The van der Waals surface area contributed by atoms with E-state index in [1.807, 2.05) is 0 Å². The number of sulfonamides is 1. The molecule has 3 aromatic carbocycles. The topological polar surface area (TPSA) is 148 Å². The van der Waals surface area contributed by atoms with Gasteiger partial charge in [0.1, 0.15) is 10.8 Å². The van der Waals surface area contributed by atoms with Gasteiger partial charge in [0, 0.05) is 27.6 Å². The van der Waals surface area contributed by atoms with Crippen LogP contribution < -0.4 is 10.6 Å². The number of anilines is 1. The number of phenols is 1. The largest absolute Gasteiger partial charge is 0.507 e. The number of hydrazone groups is 1. The molecule has 0 saturated carbocycles. The van der Waals surface area contributed by atoms with Crippen LogP contribution in [0.1, 0.15) is 11.1 Å². The molecule has 33 heavy (non-hydrogen) atoms. The average molecular weight is 572 g/mol. The summed E-state index contributed by atoms with van der Waals surface area (Å²) in [5.41, 5.74) is 4.27. The van der Waals surface area contributed by atoms with Crippen molar-refractivity contribution < 1.29 is 18.4 Å². The molecule has 0 aliphatic heterocycles. The number of thioether (sulfide) groups is 1. The lowest BCUT2D eigenvalue weighted by Gasteiger charge is -2.13. The van der Waals surface area contributed by atoms with E-state index >= 15 is 0 Å². The molecule has 0 unspecified atom stereocenters. The number of non-ortho nitro benzene ring substituents is 1. The molecular weight excluding hydrogens is 556 g/mol. The molecule has 0 amide bonds. The van der Waals surface area contributed by atoms with Gasteiger partial charge in [0.15, 0.2) is 0 Å². The lowest BCUT2D eigenvalue weighted by molar-refractivity contribution is -0.384. The van der Waals surface area contributed by atoms with E-state index < -0.39 is 14.9 Å². The number of aromatic hydroxyl groups is 1. The van der Waals surface area contributed by atoms with Crippen LogP contribution in [-0.4, -0.2) is 23.5 Å². The highest BCUT2D eigenvalue weighted by Gasteiger charge is 2.20. The molecule has 0 saturated heterocycles. The maximum atomic E-state index is 12.2. The Kier molecular flexibility index (Phi) is 7.65. The molecule has 0 radical (unpaired) electrons. The summed E-state index contributed by atoms with van der Waals surface area (Å²) in [6.45, 7) is 1.66. The van der Waals surface area contributed by atoms with Crippen molar-refractivity contribution in [2.24, 2.45) is 10.2 Å². The van der Waals surface area contributed by atoms with Gasteiger partial charge in [-0.05, 0) is 70.9 Å². The second-order valence-electron chi connectivity index (χ2n) is 6.69. The SMILES string of the molecule is Cc1cc(S(N)(=O)=O)c(S/C(=N\Nc2ccc([N+](=O)[O-])cc2)c2ccc(O)c(Br)c2)cc1Cl. The maximum Gasteiger partial charge on any atom is 0.269 e. The van der Waals surface area contributed by atoms with Crippen molar-refractivity contribution in [1.29, 1.82) is 0 Å². The normalized spacial score (nSPS) is 11.9. The van der Waals surface area contributed by atoms with Crippen LogP contribution in [0.2, 0.25) is 5.02 Å². The Bertz CT molecular complexity index is 1370. The van der Waals surface area contributed by atoms with Gasteiger partial charge in [0.2, 0.25) is 10.0 Å². The number of nitro benzene ring substituents is 1. The van der Waals surface area contributed by atoms with Crippen molar-refractivity contribution in [1.82, 2.24) is 0 Å². The van der Waals surface area contributed by atoms with Crippen molar-refractivity contribution in [2.45, 2.75) is 16.7 Å². The second kappa shape index (κ2) is 10.1. The third kappa shape index (κ3) is 6.24. The second-order valence-corrected chi connectivity index (χ2v) is 10.5. The van der Waals surface area contributed by atoms with E-state index in [0.717, 1.165) is 11.8 Å². The number of benzene rings is 3. The number of aryl methyl sites for hydroxylation is 1. The zero-order chi connectivity index (χ0) is 24.3. The Morgan fingerprint density at radius 3 is 2.45 bits per heavy atom. The lowest BCUT2D eigenvalue weighted by atomic mass is 10.2. The molecule has 0 aliphatic carbocycles. The van der Waals surface area contributed by atoms with Gasteiger partial charge >= 0.3 is 0 Å². The summed E-state index contributed by atoms with van der Waals surface area (Å²) in [6.07, 6.45) is 0. The summed E-state index contributed by atoms with van der Waals surface area (Å²) < 4.78 is 24.7. The predicted octanol–water partition coefficient (Wildman–Crippen LogP) is 5.24. The van der Waals surface area contributed by atoms with Crippen LogP contribution in [0, 0.1) is 17.0 Å². The number of primary sulfonamides is 1. The Morgan fingerprint density at radius 1 is 1.21 bits per heavy atom. The monoisotopic (exact) mass is 570 g/mol. The Labute approximate surface area is 207 Å². The van der Waals surface area contributed by atoms with Crippen molar-refractivity contribution in [3.63, 3.8) is 0 Å². The van der Waals surface area contributed by atoms with Crippen molar-refractivity contribution in [3.8, 4) is 5.75 Å². The van der Waals surface area contributed by atoms with E-state index in [-0.39, 0.29) is 21.2 Å². The first kappa shape index (κ1) is 25.0. The number of nitrogens with one attached hydrogen (secondary N) is 1. The fourth-order valence-corrected chi connectivity index (χ4v) is 5.24. The Balaban J connectivity index is 2.06. The molecular formula is C20H16BrClN4O5S2. The molecule has 9 nitrogen and oxygen atoms in total. The van der Waals surface area contributed by atoms with Crippen molar-refractivity contribution >= 4 is 65.7 Å². The van der Waals surface area contributed by atoms with Gasteiger partial charge in [0.05, 0.1) is 20.0 Å². The molecule has 0 fully saturated rings. The van der Waals surface area contributed by atoms with Crippen LogP contribution in [0.25, 0.3) is 0 Å². The number of hydrogen-bond donors (Lipinski definition) is 3. The molecule has 0 aromatic heterocycles. The van der Waals surface area contributed by atoms with Crippen LogP contribution in [-0.2, 0) is 10.0 Å². The molecule has 0 heterocycles. The number of nitrogens with zero attached hydrogens (tertiary/aromatic N) is 2. The number of phenolic OH excluding ortho intramolecular Hbond substituents is 1. The minimum Gasteiger partial charge on any atom is -0.507 e. The zero-order valence-corrected chi connectivity index (χ0v) is 20.8. The summed E-state index contributed by atoms with van der Waals surface area (Å²) in [6, 6.07) is 13.1. The van der Waals surface area contributed by atoms with Gasteiger partial charge in [-0.1, -0.05) is 23.4 Å². The Hall–Kier alpha value is -2.64. The van der Waals surface area contributed by atoms with E-state index in [1.165, 1.54) is 42.5 Å². The van der Waals surface area contributed by atoms with Crippen LogP contribution >= 0.6 is 39.3 Å². The molecule has 3 aromatic rings. The van der Waals surface area contributed by atoms with Crippen LogP contribution in [0.5, 0.6) is 5.75 Å². The van der Waals surface area contributed by atoms with Gasteiger partial charge < -0.3 is 5.11 Å². The average Bonchev–Trinajstić information content (AvgIpc) is 2.74. The number of halogens is 2. The first-order chi connectivity index (χ1) is 15.5. The van der Waals surface area contributed by atoms with E-state index in [2.05, 4.69) is 26.5 Å². The smallest absolute Gasteiger partial charge is 0.269 e. The lowest BCUT2D eigenvalue weighted by Crippen LogP contribution is -2.14. The molecule has 0 atom stereocenters. The van der Waals surface area contributed by atoms with Crippen molar-refractivity contribution in [3.05, 3.63) is 85.3 Å². The van der Waals surface area contributed by atoms with Gasteiger partial charge in [-0.25, -0.2) is 13.6 Å². The zero-order valence-electron chi connectivity index (χ0n) is 16.8.